The van der Waals surface area contributed by atoms with Crippen molar-refractivity contribution in [1.29, 1.82) is 0 Å². The predicted molar refractivity (Wildman–Crippen MR) is 60.0 cm³/mol. The molecule has 0 heterocycles. The van der Waals surface area contributed by atoms with Crippen molar-refractivity contribution in [3.8, 4) is 11.8 Å². The summed E-state index contributed by atoms with van der Waals surface area (Å²) in [5, 5.41) is 0.709. The molecule has 0 aliphatic carbocycles. The molecule has 1 nitrogen and oxygen atoms in total. The van der Waals surface area contributed by atoms with Gasteiger partial charge in [-0.15, -0.1) is 17.7 Å². The van der Waals surface area contributed by atoms with E-state index in [9.17, 15) is 0 Å². The minimum atomic E-state index is 0.709. The third kappa shape index (κ3) is 3.22. The Morgan fingerprint density at radius 1 is 1.54 bits per heavy atom. The molecule has 68 valence electrons. The second kappa shape index (κ2) is 5.06. The number of rotatable bonds is 2. The molecule has 0 bridgehead atoms. The number of benzene rings is 1. The van der Waals surface area contributed by atoms with Crippen LogP contribution in [0.2, 0.25) is 5.02 Å². The highest BCUT2D eigenvalue weighted by molar-refractivity contribution is 7.99. The van der Waals surface area contributed by atoms with Crippen molar-refractivity contribution in [2.75, 3.05) is 11.5 Å². The summed E-state index contributed by atoms with van der Waals surface area (Å²) in [7, 11) is 0. The smallest absolute Gasteiger partial charge is 0.0595 e. The van der Waals surface area contributed by atoms with Gasteiger partial charge in [0.25, 0.3) is 0 Å². The van der Waals surface area contributed by atoms with Gasteiger partial charge in [0.2, 0.25) is 0 Å². The average molecular weight is 212 g/mol. The zero-order valence-corrected chi connectivity index (χ0v) is 8.88. The van der Waals surface area contributed by atoms with Crippen LogP contribution >= 0.6 is 23.4 Å². The van der Waals surface area contributed by atoms with Crippen LogP contribution < -0.4 is 5.73 Å². The molecule has 13 heavy (non-hydrogen) atoms. The average Bonchev–Trinajstić information content (AvgIpc) is 2.11. The molecule has 1 aromatic carbocycles. The lowest BCUT2D eigenvalue weighted by Gasteiger charge is -2.02. The Balaban J connectivity index is 2.73. The molecule has 0 spiro atoms. The molecule has 0 saturated heterocycles. The Morgan fingerprint density at radius 2 is 2.31 bits per heavy atom. The number of halogens is 1. The summed E-state index contributed by atoms with van der Waals surface area (Å²) in [6.45, 7) is 1.82. The van der Waals surface area contributed by atoms with Gasteiger partial charge in [0.05, 0.1) is 5.75 Å². The van der Waals surface area contributed by atoms with Gasteiger partial charge < -0.3 is 5.73 Å². The Bertz CT molecular complexity index is 352. The second-order valence-electron chi connectivity index (χ2n) is 2.40. The summed E-state index contributed by atoms with van der Waals surface area (Å²) >= 11 is 7.43. The molecule has 0 aromatic heterocycles. The molecule has 0 aliphatic heterocycles. The van der Waals surface area contributed by atoms with E-state index in [-0.39, 0.29) is 0 Å². The highest BCUT2D eigenvalue weighted by Gasteiger charge is 1.99. The van der Waals surface area contributed by atoms with Crippen molar-refractivity contribution in [2.45, 2.75) is 11.8 Å². The highest BCUT2D eigenvalue weighted by atomic mass is 35.5. The van der Waals surface area contributed by atoms with E-state index in [1.165, 1.54) is 0 Å². The maximum atomic E-state index is 5.82. The standard InChI is InChI=1S/C10H10ClNS/c1-2-3-6-13-10-7-8(11)4-5-9(10)12/h4-5,7H,6,12H2,1H3. The highest BCUT2D eigenvalue weighted by Crippen LogP contribution is 2.27. The first-order chi connectivity index (χ1) is 6.24. The first-order valence-corrected chi connectivity index (χ1v) is 5.18. The summed E-state index contributed by atoms with van der Waals surface area (Å²) in [5.74, 6) is 6.54. The van der Waals surface area contributed by atoms with Crippen LogP contribution in [0.1, 0.15) is 6.92 Å². The Hall–Kier alpha value is -0.780. The first kappa shape index (κ1) is 10.3. The van der Waals surface area contributed by atoms with E-state index in [4.69, 9.17) is 17.3 Å². The molecule has 0 unspecified atom stereocenters. The van der Waals surface area contributed by atoms with E-state index in [0.29, 0.717) is 5.02 Å². The monoisotopic (exact) mass is 211 g/mol. The van der Waals surface area contributed by atoms with Crippen molar-refractivity contribution in [1.82, 2.24) is 0 Å². The zero-order chi connectivity index (χ0) is 9.68. The van der Waals surface area contributed by atoms with Crippen LogP contribution in [-0.2, 0) is 0 Å². The van der Waals surface area contributed by atoms with Gasteiger partial charge in [-0.05, 0) is 25.1 Å². The van der Waals surface area contributed by atoms with E-state index < -0.39 is 0 Å². The van der Waals surface area contributed by atoms with Crippen molar-refractivity contribution in [3.05, 3.63) is 23.2 Å². The third-order valence-corrected chi connectivity index (χ3v) is 2.64. The molecule has 0 aliphatic rings. The molecule has 3 heteroatoms. The molecule has 1 rings (SSSR count). The first-order valence-electron chi connectivity index (χ1n) is 3.81. The van der Waals surface area contributed by atoms with Gasteiger partial charge in [0, 0.05) is 15.6 Å². The van der Waals surface area contributed by atoms with Crippen LogP contribution in [0.15, 0.2) is 23.1 Å². The van der Waals surface area contributed by atoms with E-state index in [1.54, 1.807) is 17.8 Å². The number of hydrogen-bond donors (Lipinski definition) is 1. The normalized spacial score (nSPS) is 9.08. The predicted octanol–water partition coefficient (Wildman–Crippen LogP) is 3.04. The molecule has 1 aromatic rings. The van der Waals surface area contributed by atoms with E-state index in [2.05, 4.69) is 11.8 Å². The van der Waals surface area contributed by atoms with E-state index in [0.717, 1.165) is 16.3 Å². The lowest BCUT2D eigenvalue weighted by molar-refractivity contribution is 1.46. The molecule has 0 radical (unpaired) electrons. The Kier molecular flexibility index (Phi) is 4.01. The Labute approximate surface area is 87.7 Å². The quantitative estimate of drug-likeness (QED) is 0.462. The van der Waals surface area contributed by atoms with Gasteiger partial charge in [0.15, 0.2) is 0 Å². The van der Waals surface area contributed by atoms with Crippen LogP contribution in [0.3, 0.4) is 0 Å². The summed E-state index contributed by atoms with van der Waals surface area (Å²) in [5.41, 5.74) is 6.50. The minimum Gasteiger partial charge on any atom is -0.398 e. The number of nitrogens with two attached hydrogens (primary N) is 1. The van der Waals surface area contributed by atoms with E-state index >= 15 is 0 Å². The number of hydrogen-bond acceptors (Lipinski definition) is 2. The molecule has 0 fully saturated rings. The lowest BCUT2D eigenvalue weighted by atomic mass is 10.3. The van der Waals surface area contributed by atoms with Gasteiger partial charge in [-0.1, -0.05) is 17.5 Å². The number of thioether (sulfide) groups is 1. The molecule has 0 atom stereocenters. The van der Waals surface area contributed by atoms with Crippen molar-refractivity contribution in [2.24, 2.45) is 0 Å². The van der Waals surface area contributed by atoms with Gasteiger partial charge in [-0.3, -0.25) is 0 Å². The molecule has 2 N–H and O–H groups in total. The Morgan fingerprint density at radius 3 is 3.00 bits per heavy atom. The lowest BCUT2D eigenvalue weighted by Crippen LogP contribution is -1.88. The maximum Gasteiger partial charge on any atom is 0.0595 e. The minimum absolute atomic E-state index is 0.709. The fourth-order valence-corrected chi connectivity index (χ4v) is 1.87. The molecular formula is C10H10ClNS. The van der Waals surface area contributed by atoms with Gasteiger partial charge >= 0.3 is 0 Å². The molecular weight excluding hydrogens is 202 g/mol. The third-order valence-electron chi connectivity index (χ3n) is 1.45. The van der Waals surface area contributed by atoms with Crippen molar-refractivity contribution in [3.63, 3.8) is 0 Å². The van der Waals surface area contributed by atoms with Crippen LogP contribution in [0.25, 0.3) is 0 Å². The van der Waals surface area contributed by atoms with Crippen molar-refractivity contribution < 1.29 is 0 Å². The van der Waals surface area contributed by atoms with Gasteiger partial charge in [-0.25, -0.2) is 0 Å². The van der Waals surface area contributed by atoms with Gasteiger partial charge in [-0.2, -0.15) is 0 Å². The SMILES string of the molecule is CC#CCSc1cc(Cl)ccc1N. The summed E-state index contributed by atoms with van der Waals surface area (Å²) in [6.07, 6.45) is 0. The fraction of sp³-hybridized carbons (Fsp3) is 0.200. The topological polar surface area (TPSA) is 26.0 Å². The van der Waals surface area contributed by atoms with Crippen molar-refractivity contribution >= 4 is 29.1 Å². The van der Waals surface area contributed by atoms with Crippen LogP contribution in [0.5, 0.6) is 0 Å². The van der Waals surface area contributed by atoms with Gasteiger partial charge in [0.1, 0.15) is 0 Å². The van der Waals surface area contributed by atoms with Crippen LogP contribution in [-0.4, -0.2) is 5.75 Å². The van der Waals surface area contributed by atoms with Crippen LogP contribution in [0, 0.1) is 11.8 Å². The van der Waals surface area contributed by atoms with E-state index in [1.807, 2.05) is 19.1 Å². The summed E-state index contributed by atoms with van der Waals surface area (Å²) in [6, 6.07) is 5.45. The summed E-state index contributed by atoms with van der Waals surface area (Å²) < 4.78 is 0. The largest absolute Gasteiger partial charge is 0.398 e. The molecule has 0 amide bonds. The number of nitrogen functional groups attached to an aromatic ring is 1. The molecule has 0 saturated carbocycles. The van der Waals surface area contributed by atoms with Crippen LogP contribution in [0.4, 0.5) is 5.69 Å². The zero-order valence-electron chi connectivity index (χ0n) is 7.30. The fourth-order valence-electron chi connectivity index (χ4n) is 0.819. The maximum absolute atomic E-state index is 5.82. The summed E-state index contributed by atoms with van der Waals surface area (Å²) in [4.78, 5) is 0.996. The second-order valence-corrected chi connectivity index (χ2v) is 3.85. The number of anilines is 1.